The minimum Gasteiger partial charge on any atom is -0.385 e. The molecule has 0 amide bonds. The molecule has 1 heterocycles. The normalized spacial score (nSPS) is 9.79. The number of aromatic nitrogens is 1. The molecule has 0 saturated heterocycles. The highest BCUT2D eigenvalue weighted by atomic mass is 19.1. The first-order valence-electron chi connectivity index (χ1n) is 6.70. The lowest BCUT2D eigenvalue weighted by atomic mass is 10.1. The molecule has 1 aromatic heterocycles. The van der Waals surface area contributed by atoms with E-state index in [1.165, 1.54) is 0 Å². The highest BCUT2D eigenvalue weighted by molar-refractivity contribution is 5.70. The Morgan fingerprint density at radius 2 is 1.95 bits per heavy atom. The molecule has 0 atom stereocenters. The van der Waals surface area contributed by atoms with E-state index in [2.05, 4.69) is 13.2 Å². The van der Waals surface area contributed by atoms with E-state index in [9.17, 15) is 4.39 Å². The quantitative estimate of drug-likeness (QED) is 0.678. The smallest absolute Gasteiger partial charge is 0.140 e. The molecule has 108 valence electrons. The van der Waals surface area contributed by atoms with Crippen LogP contribution in [0, 0.1) is 13.8 Å². The fourth-order valence-electron chi connectivity index (χ4n) is 2.08. The molecular weight excluding hydrogens is 241 g/mol. The molecule has 0 aliphatic rings. The summed E-state index contributed by atoms with van der Waals surface area (Å²) in [4.78, 5) is 0. The molecule has 1 aromatic rings. The third kappa shape index (κ3) is 4.06. The van der Waals surface area contributed by atoms with Crippen molar-refractivity contribution in [3.05, 3.63) is 35.7 Å². The summed E-state index contributed by atoms with van der Waals surface area (Å²) in [5.74, 6) is -0.409. The lowest BCUT2D eigenvalue weighted by Crippen LogP contribution is -2.06. The molecule has 2 nitrogen and oxygen atoms in total. The zero-order valence-corrected chi connectivity index (χ0v) is 12.8. The van der Waals surface area contributed by atoms with Crippen LogP contribution in [-0.2, 0) is 11.3 Å². The van der Waals surface area contributed by atoms with Gasteiger partial charge in [0.1, 0.15) is 5.83 Å². The highest BCUT2D eigenvalue weighted by Gasteiger charge is 2.17. The van der Waals surface area contributed by atoms with Gasteiger partial charge in [-0.1, -0.05) is 33.1 Å². The van der Waals surface area contributed by atoms with Crippen LogP contribution in [-0.4, -0.2) is 18.3 Å². The Morgan fingerprint density at radius 1 is 1.37 bits per heavy atom. The molecule has 0 unspecified atom stereocenters. The van der Waals surface area contributed by atoms with E-state index in [-0.39, 0.29) is 0 Å². The Labute approximate surface area is 116 Å². The Morgan fingerprint density at radius 3 is 2.37 bits per heavy atom. The third-order valence-corrected chi connectivity index (χ3v) is 3.07. The molecule has 0 aromatic carbocycles. The zero-order chi connectivity index (χ0) is 15.0. The van der Waals surface area contributed by atoms with Crippen LogP contribution in [0.25, 0.3) is 11.9 Å². The van der Waals surface area contributed by atoms with E-state index in [0.717, 1.165) is 29.8 Å². The van der Waals surface area contributed by atoms with Gasteiger partial charge in [-0.25, -0.2) is 4.39 Å². The molecule has 1 rings (SSSR count). The number of rotatable bonds is 6. The van der Waals surface area contributed by atoms with Crippen molar-refractivity contribution in [3.63, 3.8) is 0 Å². The van der Waals surface area contributed by atoms with E-state index < -0.39 is 5.83 Å². The SMILES string of the molecule is C=Cc1c(C)c(C)n(CCCOC)c1C(=C)F.CC. The molecule has 19 heavy (non-hydrogen) atoms. The lowest BCUT2D eigenvalue weighted by Gasteiger charge is -2.10. The van der Waals surface area contributed by atoms with Gasteiger partial charge in [0.25, 0.3) is 0 Å². The van der Waals surface area contributed by atoms with Crippen molar-refractivity contribution in [2.24, 2.45) is 0 Å². The minimum absolute atomic E-state index is 0.409. The standard InChI is InChI=1S/C14H20FNO.C2H6/c1-6-13-10(2)12(4)16(8-7-9-17-5)14(13)11(3)15;1-2/h6H,1,3,7-9H2,2,4-5H3;1-2H3. The topological polar surface area (TPSA) is 14.2 Å². The van der Waals surface area contributed by atoms with Gasteiger partial charge in [0.2, 0.25) is 0 Å². The summed E-state index contributed by atoms with van der Waals surface area (Å²) in [7, 11) is 1.66. The number of nitrogens with zero attached hydrogens (tertiary/aromatic N) is 1. The Bertz CT molecular complexity index is 432. The molecule has 0 fully saturated rings. The summed E-state index contributed by atoms with van der Waals surface area (Å²) in [5, 5.41) is 0. The highest BCUT2D eigenvalue weighted by Crippen LogP contribution is 2.29. The second-order valence-electron chi connectivity index (χ2n) is 4.08. The largest absolute Gasteiger partial charge is 0.385 e. The minimum atomic E-state index is -0.409. The van der Waals surface area contributed by atoms with E-state index in [4.69, 9.17) is 4.74 Å². The second-order valence-corrected chi connectivity index (χ2v) is 4.08. The summed E-state index contributed by atoms with van der Waals surface area (Å²) < 4.78 is 20.5. The first kappa shape index (κ1) is 17.6. The number of ether oxygens (including phenoxy) is 1. The number of hydrogen-bond acceptors (Lipinski definition) is 1. The first-order chi connectivity index (χ1) is 9.04. The fraction of sp³-hybridized carbons (Fsp3) is 0.500. The van der Waals surface area contributed by atoms with Gasteiger partial charge in [-0.3, -0.25) is 0 Å². The lowest BCUT2D eigenvalue weighted by molar-refractivity contribution is 0.190. The van der Waals surface area contributed by atoms with Crippen molar-refractivity contribution < 1.29 is 9.13 Å². The monoisotopic (exact) mass is 267 g/mol. The molecule has 0 N–H and O–H groups in total. The van der Waals surface area contributed by atoms with Crippen molar-refractivity contribution >= 4 is 11.9 Å². The molecule has 0 saturated carbocycles. The molecule has 3 heteroatoms. The molecule has 0 radical (unpaired) electrons. The summed E-state index contributed by atoms with van der Waals surface area (Å²) in [6.45, 7) is 16.5. The van der Waals surface area contributed by atoms with Crippen LogP contribution in [0.2, 0.25) is 0 Å². The Hall–Kier alpha value is -1.35. The zero-order valence-electron chi connectivity index (χ0n) is 12.8. The maximum Gasteiger partial charge on any atom is 0.140 e. The molecule has 0 spiro atoms. The van der Waals surface area contributed by atoms with Crippen molar-refractivity contribution in [3.8, 4) is 0 Å². The number of halogens is 1. The average Bonchev–Trinajstić information content (AvgIpc) is 2.65. The van der Waals surface area contributed by atoms with Crippen LogP contribution in [0.4, 0.5) is 4.39 Å². The van der Waals surface area contributed by atoms with Crippen molar-refractivity contribution in [2.75, 3.05) is 13.7 Å². The summed E-state index contributed by atoms with van der Waals surface area (Å²) in [6.07, 6.45) is 2.54. The van der Waals surface area contributed by atoms with Crippen LogP contribution in [0.1, 0.15) is 42.8 Å². The summed E-state index contributed by atoms with van der Waals surface area (Å²) in [6, 6.07) is 0. The maximum absolute atomic E-state index is 13.5. The van der Waals surface area contributed by atoms with Gasteiger partial charge >= 0.3 is 0 Å². The molecule has 0 aliphatic heterocycles. The van der Waals surface area contributed by atoms with Crippen LogP contribution in [0.3, 0.4) is 0 Å². The van der Waals surface area contributed by atoms with Gasteiger partial charge in [0.05, 0.1) is 5.69 Å². The van der Waals surface area contributed by atoms with Gasteiger partial charge in [-0.15, -0.1) is 0 Å². The van der Waals surface area contributed by atoms with Gasteiger partial charge in [0.15, 0.2) is 0 Å². The number of hydrogen-bond donors (Lipinski definition) is 0. The van der Waals surface area contributed by atoms with Crippen molar-refractivity contribution in [1.29, 1.82) is 0 Å². The first-order valence-corrected chi connectivity index (χ1v) is 6.70. The van der Waals surface area contributed by atoms with E-state index in [1.807, 2.05) is 32.3 Å². The van der Waals surface area contributed by atoms with Crippen molar-refractivity contribution in [1.82, 2.24) is 4.57 Å². The van der Waals surface area contributed by atoms with Crippen LogP contribution < -0.4 is 0 Å². The average molecular weight is 267 g/mol. The second kappa shape index (κ2) is 8.70. The maximum atomic E-state index is 13.5. The predicted octanol–water partition coefficient (Wildman–Crippen LogP) is 4.75. The van der Waals surface area contributed by atoms with Gasteiger partial charge < -0.3 is 9.30 Å². The van der Waals surface area contributed by atoms with Gasteiger partial charge in [-0.2, -0.15) is 0 Å². The Balaban J connectivity index is 0.00000154. The van der Waals surface area contributed by atoms with Crippen molar-refractivity contribution in [2.45, 2.75) is 40.7 Å². The molecular formula is C16H26FNO. The molecule has 0 bridgehead atoms. The van der Waals surface area contributed by atoms with Crippen LogP contribution in [0.5, 0.6) is 0 Å². The van der Waals surface area contributed by atoms with Crippen LogP contribution in [0.15, 0.2) is 13.2 Å². The van der Waals surface area contributed by atoms with E-state index in [0.29, 0.717) is 12.3 Å². The fourth-order valence-corrected chi connectivity index (χ4v) is 2.08. The molecule has 0 aliphatic carbocycles. The van der Waals surface area contributed by atoms with E-state index >= 15 is 0 Å². The predicted molar refractivity (Wildman–Crippen MR) is 82.0 cm³/mol. The number of methoxy groups -OCH3 is 1. The van der Waals surface area contributed by atoms with Gasteiger partial charge in [0, 0.05) is 31.5 Å². The Kier molecular flexibility index (Phi) is 8.08. The van der Waals surface area contributed by atoms with E-state index in [1.54, 1.807) is 13.2 Å². The third-order valence-electron chi connectivity index (χ3n) is 3.07. The summed E-state index contributed by atoms with van der Waals surface area (Å²) in [5.41, 5.74) is 3.51. The van der Waals surface area contributed by atoms with Gasteiger partial charge in [-0.05, 0) is 25.8 Å². The van der Waals surface area contributed by atoms with Crippen LogP contribution >= 0.6 is 0 Å². The summed E-state index contributed by atoms with van der Waals surface area (Å²) >= 11 is 0.